The summed E-state index contributed by atoms with van der Waals surface area (Å²) in [4.78, 5) is 24.6. The van der Waals surface area contributed by atoms with Gasteiger partial charge in [0.1, 0.15) is 5.60 Å². The van der Waals surface area contributed by atoms with Gasteiger partial charge in [-0.1, -0.05) is 11.6 Å². The second kappa shape index (κ2) is 6.87. The molecule has 1 aliphatic carbocycles. The number of halogens is 1. The van der Waals surface area contributed by atoms with Gasteiger partial charge in [-0.25, -0.2) is 4.79 Å². The zero-order chi connectivity index (χ0) is 16.3. The molecule has 2 unspecified atom stereocenters. The van der Waals surface area contributed by atoms with Crippen molar-refractivity contribution >= 4 is 34.9 Å². The third kappa shape index (κ3) is 4.88. The molecule has 0 radical (unpaired) electrons. The number of alkyl carbamates (subject to hydrolysis) is 1. The average Bonchev–Trinajstić information content (AvgIpc) is 2.97. The molecule has 5 nitrogen and oxygen atoms in total. The van der Waals surface area contributed by atoms with Gasteiger partial charge in [-0.2, -0.15) is 0 Å². The van der Waals surface area contributed by atoms with Gasteiger partial charge in [0.15, 0.2) is 0 Å². The van der Waals surface area contributed by atoms with Crippen molar-refractivity contribution in [2.24, 2.45) is 0 Å². The quantitative estimate of drug-likeness (QED) is 0.880. The van der Waals surface area contributed by atoms with Gasteiger partial charge in [-0.05, 0) is 52.2 Å². The predicted molar refractivity (Wildman–Crippen MR) is 87.6 cm³/mol. The summed E-state index contributed by atoms with van der Waals surface area (Å²) in [6.45, 7) is 5.46. The van der Waals surface area contributed by atoms with Gasteiger partial charge < -0.3 is 15.4 Å². The van der Waals surface area contributed by atoms with E-state index in [1.807, 2.05) is 20.8 Å². The molecule has 1 aromatic heterocycles. The molecule has 0 spiro atoms. The molecular weight excluding hydrogens is 324 g/mol. The van der Waals surface area contributed by atoms with Crippen molar-refractivity contribution in [3.05, 3.63) is 21.3 Å². The molecule has 2 atom stereocenters. The number of carbonyl (C=O) groups excluding carboxylic acids is 2. The lowest BCUT2D eigenvalue weighted by molar-refractivity contribution is 0.0495. The van der Waals surface area contributed by atoms with Gasteiger partial charge in [0.05, 0.1) is 15.3 Å². The van der Waals surface area contributed by atoms with E-state index >= 15 is 0 Å². The fourth-order valence-corrected chi connectivity index (χ4v) is 3.39. The monoisotopic (exact) mass is 344 g/mol. The van der Waals surface area contributed by atoms with E-state index in [2.05, 4.69) is 10.6 Å². The molecule has 2 rings (SSSR count). The molecule has 1 heterocycles. The van der Waals surface area contributed by atoms with Crippen LogP contribution in [0.1, 0.15) is 49.7 Å². The third-order valence-corrected chi connectivity index (χ3v) is 4.56. The number of hydrogen-bond donors (Lipinski definition) is 2. The van der Waals surface area contributed by atoms with Crippen molar-refractivity contribution in [2.75, 3.05) is 0 Å². The average molecular weight is 345 g/mol. The van der Waals surface area contributed by atoms with Crippen LogP contribution in [0.5, 0.6) is 0 Å². The van der Waals surface area contributed by atoms with E-state index in [0.717, 1.165) is 19.3 Å². The van der Waals surface area contributed by atoms with Gasteiger partial charge in [0.25, 0.3) is 5.91 Å². The lowest BCUT2D eigenvalue weighted by atomic mass is 10.1. The van der Waals surface area contributed by atoms with E-state index < -0.39 is 11.7 Å². The Bertz CT molecular complexity index is 553. The second-order valence-electron chi connectivity index (χ2n) is 6.37. The van der Waals surface area contributed by atoms with E-state index in [1.165, 1.54) is 11.3 Å². The van der Waals surface area contributed by atoms with Gasteiger partial charge in [-0.3, -0.25) is 4.79 Å². The van der Waals surface area contributed by atoms with Crippen LogP contribution in [0.2, 0.25) is 4.34 Å². The van der Waals surface area contributed by atoms with Crippen LogP contribution in [-0.4, -0.2) is 29.7 Å². The number of rotatable bonds is 3. The van der Waals surface area contributed by atoms with E-state index in [-0.39, 0.29) is 18.0 Å². The SMILES string of the molecule is CC(C)(C)OC(=O)NC1CCCC1NC(=O)c1ccc(Cl)s1. The minimum absolute atomic E-state index is 0.0825. The van der Waals surface area contributed by atoms with Gasteiger partial charge in [0, 0.05) is 6.04 Å². The summed E-state index contributed by atoms with van der Waals surface area (Å²) in [6.07, 6.45) is 2.18. The Labute approximate surface area is 139 Å². The molecule has 2 amide bonds. The van der Waals surface area contributed by atoms with Crippen LogP contribution in [0, 0.1) is 0 Å². The topological polar surface area (TPSA) is 67.4 Å². The molecule has 0 bridgehead atoms. The first kappa shape index (κ1) is 17.1. The smallest absolute Gasteiger partial charge is 0.407 e. The van der Waals surface area contributed by atoms with E-state index in [4.69, 9.17) is 16.3 Å². The molecule has 7 heteroatoms. The van der Waals surface area contributed by atoms with Crippen LogP contribution in [0.25, 0.3) is 0 Å². The number of carbonyl (C=O) groups is 2. The molecule has 0 aliphatic heterocycles. The lowest BCUT2D eigenvalue weighted by Gasteiger charge is -2.25. The molecule has 1 aromatic rings. The lowest BCUT2D eigenvalue weighted by Crippen LogP contribution is -2.49. The summed E-state index contributed by atoms with van der Waals surface area (Å²) in [5, 5.41) is 5.82. The van der Waals surface area contributed by atoms with Gasteiger partial charge >= 0.3 is 6.09 Å². The summed E-state index contributed by atoms with van der Waals surface area (Å²) in [5.41, 5.74) is -0.533. The Hall–Kier alpha value is -1.27. The number of thiophene rings is 1. The maximum Gasteiger partial charge on any atom is 0.407 e. The minimum Gasteiger partial charge on any atom is -0.444 e. The maximum atomic E-state index is 12.2. The summed E-state index contributed by atoms with van der Waals surface area (Å²) in [6, 6.07) is 3.22. The Morgan fingerprint density at radius 1 is 1.23 bits per heavy atom. The minimum atomic E-state index is -0.533. The highest BCUT2D eigenvalue weighted by atomic mass is 35.5. The van der Waals surface area contributed by atoms with Crippen LogP contribution in [0.3, 0.4) is 0 Å². The summed E-state index contributed by atoms with van der Waals surface area (Å²) >= 11 is 7.09. The maximum absolute atomic E-state index is 12.2. The molecule has 0 saturated heterocycles. The van der Waals surface area contributed by atoms with Crippen LogP contribution in [-0.2, 0) is 4.74 Å². The molecule has 1 saturated carbocycles. The molecule has 22 heavy (non-hydrogen) atoms. The van der Waals surface area contributed by atoms with Gasteiger partial charge in [-0.15, -0.1) is 11.3 Å². The summed E-state index contributed by atoms with van der Waals surface area (Å²) < 4.78 is 5.85. The first-order chi connectivity index (χ1) is 10.2. The fraction of sp³-hybridized carbons (Fsp3) is 0.600. The van der Waals surface area contributed by atoms with Crippen LogP contribution >= 0.6 is 22.9 Å². The summed E-state index contributed by atoms with van der Waals surface area (Å²) in [5.74, 6) is -0.153. The van der Waals surface area contributed by atoms with Crippen molar-refractivity contribution in [3.8, 4) is 0 Å². The van der Waals surface area contributed by atoms with Crippen LogP contribution in [0.4, 0.5) is 4.79 Å². The summed E-state index contributed by atoms with van der Waals surface area (Å²) in [7, 11) is 0. The largest absolute Gasteiger partial charge is 0.444 e. The van der Waals surface area contributed by atoms with Crippen LogP contribution in [0.15, 0.2) is 12.1 Å². The Kier molecular flexibility index (Phi) is 5.34. The van der Waals surface area contributed by atoms with Crippen LogP contribution < -0.4 is 10.6 Å². The third-order valence-electron chi connectivity index (χ3n) is 3.33. The highest BCUT2D eigenvalue weighted by Gasteiger charge is 2.31. The highest BCUT2D eigenvalue weighted by Crippen LogP contribution is 2.24. The Morgan fingerprint density at radius 2 is 1.86 bits per heavy atom. The standard InChI is InChI=1S/C15H21ClN2O3S/c1-15(2,3)21-14(20)18-10-6-4-5-9(10)17-13(19)11-7-8-12(16)22-11/h7-10H,4-6H2,1-3H3,(H,17,19)(H,18,20). The molecule has 1 fully saturated rings. The van der Waals surface area contributed by atoms with E-state index in [1.54, 1.807) is 12.1 Å². The number of hydrogen-bond acceptors (Lipinski definition) is 4. The molecule has 1 aliphatic rings. The first-order valence-electron chi connectivity index (χ1n) is 7.30. The molecule has 0 aromatic carbocycles. The Balaban J connectivity index is 1.90. The number of ether oxygens (including phenoxy) is 1. The van der Waals surface area contributed by atoms with E-state index in [9.17, 15) is 9.59 Å². The molecular formula is C15H21ClN2O3S. The predicted octanol–water partition coefficient (Wildman–Crippen LogP) is 3.58. The second-order valence-corrected chi connectivity index (χ2v) is 8.08. The zero-order valence-corrected chi connectivity index (χ0v) is 14.5. The number of nitrogens with one attached hydrogen (secondary N) is 2. The number of amides is 2. The normalized spacial score (nSPS) is 21.5. The fourth-order valence-electron chi connectivity index (χ4n) is 2.44. The first-order valence-corrected chi connectivity index (χ1v) is 8.50. The van der Waals surface area contributed by atoms with Crippen molar-refractivity contribution in [3.63, 3.8) is 0 Å². The molecule has 122 valence electrons. The van der Waals surface area contributed by atoms with Gasteiger partial charge in [0.2, 0.25) is 0 Å². The van der Waals surface area contributed by atoms with Crippen molar-refractivity contribution in [1.29, 1.82) is 0 Å². The van der Waals surface area contributed by atoms with Crippen molar-refractivity contribution < 1.29 is 14.3 Å². The van der Waals surface area contributed by atoms with Crippen molar-refractivity contribution in [2.45, 2.75) is 57.7 Å². The Morgan fingerprint density at radius 3 is 2.41 bits per heavy atom. The molecule has 2 N–H and O–H groups in total. The van der Waals surface area contributed by atoms with Crippen molar-refractivity contribution in [1.82, 2.24) is 10.6 Å². The van der Waals surface area contributed by atoms with E-state index in [0.29, 0.717) is 9.21 Å². The zero-order valence-electron chi connectivity index (χ0n) is 12.9. The highest BCUT2D eigenvalue weighted by molar-refractivity contribution is 7.17.